The van der Waals surface area contributed by atoms with E-state index in [-0.39, 0.29) is 23.9 Å². The van der Waals surface area contributed by atoms with Crippen LogP contribution in [0.1, 0.15) is 63.4 Å². The van der Waals surface area contributed by atoms with E-state index in [9.17, 15) is 18.4 Å². The second-order valence-electron chi connectivity index (χ2n) is 9.23. The number of hydrogen-bond acceptors (Lipinski definition) is 7. The number of halogens is 2. The molecule has 1 aliphatic carbocycles. The Labute approximate surface area is 213 Å². The van der Waals surface area contributed by atoms with E-state index in [1.54, 1.807) is 0 Å². The summed E-state index contributed by atoms with van der Waals surface area (Å²) in [7, 11) is 0. The van der Waals surface area contributed by atoms with Crippen molar-refractivity contribution >= 4 is 34.8 Å². The number of carboxylic acid groups (broad SMARTS) is 1. The van der Waals surface area contributed by atoms with Gasteiger partial charge < -0.3 is 15.7 Å². The third-order valence-corrected chi connectivity index (χ3v) is 6.72. The van der Waals surface area contributed by atoms with Gasteiger partial charge in [-0.05, 0) is 49.9 Å². The fraction of sp³-hybridized carbons (Fsp3) is 0.542. The molecule has 12 heteroatoms. The van der Waals surface area contributed by atoms with Crippen LogP contribution in [-0.4, -0.2) is 52.2 Å². The van der Waals surface area contributed by atoms with Gasteiger partial charge in [0.1, 0.15) is 22.7 Å². The molecule has 0 radical (unpaired) electrons. The van der Waals surface area contributed by atoms with Crippen molar-refractivity contribution in [1.29, 1.82) is 0 Å². The van der Waals surface area contributed by atoms with Crippen molar-refractivity contribution in [3.8, 4) is 0 Å². The van der Waals surface area contributed by atoms with E-state index in [1.165, 1.54) is 24.2 Å². The van der Waals surface area contributed by atoms with E-state index in [1.807, 2.05) is 6.92 Å². The van der Waals surface area contributed by atoms with Gasteiger partial charge in [0.05, 0.1) is 6.42 Å². The van der Waals surface area contributed by atoms with Crippen molar-refractivity contribution in [2.75, 3.05) is 11.9 Å². The Morgan fingerprint density at radius 3 is 2.44 bits per heavy atom. The summed E-state index contributed by atoms with van der Waals surface area (Å²) in [5.74, 6) is -2.39. The number of carbonyl (C=O) groups is 3. The fourth-order valence-electron chi connectivity index (χ4n) is 3.42. The minimum Gasteiger partial charge on any atom is -0.483 e. The Bertz CT molecular complexity index is 1010. The van der Waals surface area contributed by atoms with Crippen molar-refractivity contribution in [2.45, 2.75) is 76.8 Å². The Morgan fingerprint density at radius 1 is 1.22 bits per heavy atom. The molecule has 198 valence electrons. The number of carbonyl (C=O) groups excluding carboxylic acids is 2. The first-order valence-corrected chi connectivity index (χ1v) is 12.6. The number of hydrogen-bond donors (Lipinski definition) is 4. The third kappa shape index (κ3) is 9.94. The zero-order valence-electron chi connectivity index (χ0n) is 20.6. The number of nitrogens with one attached hydrogen (secondary N) is 3. The normalized spacial score (nSPS) is 13.8. The predicted octanol–water partition coefficient (Wildman–Crippen LogP) is 3.40. The molecule has 1 aromatic heterocycles. The molecular weight excluding hydrogens is 492 g/mol. The van der Waals surface area contributed by atoms with Crippen molar-refractivity contribution in [1.82, 2.24) is 20.8 Å². The van der Waals surface area contributed by atoms with Gasteiger partial charge in [-0.15, -0.1) is 10.2 Å². The Balaban J connectivity index is 0.00000145. The SMILES string of the molecule is CCCC(NC(=O)Cc1cc(F)cc(F)c1)C(=O)Nc1nnc(C(C)(C)CCNC2CC2)s1.O=CO. The molecule has 0 spiro atoms. The molecule has 36 heavy (non-hydrogen) atoms. The third-order valence-electron chi connectivity index (χ3n) is 5.51. The van der Waals surface area contributed by atoms with E-state index in [0.717, 1.165) is 36.2 Å². The number of aromatic nitrogens is 2. The van der Waals surface area contributed by atoms with Crippen molar-refractivity contribution in [3.63, 3.8) is 0 Å². The summed E-state index contributed by atoms with van der Waals surface area (Å²) in [5.41, 5.74) is 0.0209. The highest BCUT2D eigenvalue weighted by Gasteiger charge is 2.28. The molecule has 2 amide bonds. The number of benzene rings is 1. The van der Waals surface area contributed by atoms with Crippen LogP contribution in [0.3, 0.4) is 0 Å². The van der Waals surface area contributed by atoms with Gasteiger partial charge in [0, 0.05) is 17.5 Å². The number of rotatable bonds is 12. The van der Waals surface area contributed by atoms with Gasteiger partial charge >= 0.3 is 0 Å². The molecule has 1 atom stereocenters. The van der Waals surface area contributed by atoms with Gasteiger partial charge in [-0.2, -0.15) is 0 Å². The minimum absolute atomic E-state index is 0.181. The van der Waals surface area contributed by atoms with Crippen LogP contribution < -0.4 is 16.0 Å². The summed E-state index contributed by atoms with van der Waals surface area (Å²) in [5, 5.41) is 25.4. The molecule has 0 bridgehead atoms. The fourth-order valence-corrected chi connectivity index (χ4v) is 4.30. The van der Waals surface area contributed by atoms with Gasteiger partial charge in [-0.25, -0.2) is 8.78 Å². The molecule has 0 saturated heterocycles. The molecule has 2 aromatic rings. The highest BCUT2D eigenvalue weighted by atomic mass is 32.1. The van der Waals surface area contributed by atoms with Crippen molar-refractivity contribution < 1.29 is 28.3 Å². The zero-order chi connectivity index (χ0) is 26.7. The largest absolute Gasteiger partial charge is 0.483 e. The van der Waals surface area contributed by atoms with Gasteiger partial charge in [0.15, 0.2) is 0 Å². The summed E-state index contributed by atoms with van der Waals surface area (Å²) < 4.78 is 26.7. The highest BCUT2D eigenvalue weighted by molar-refractivity contribution is 7.15. The summed E-state index contributed by atoms with van der Waals surface area (Å²) >= 11 is 1.32. The maximum atomic E-state index is 13.4. The molecule has 9 nitrogen and oxygen atoms in total. The predicted molar refractivity (Wildman–Crippen MR) is 133 cm³/mol. The average molecular weight is 526 g/mol. The van der Waals surface area contributed by atoms with Crippen LogP contribution >= 0.6 is 11.3 Å². The number of amides is 2. The molecule has 3 rings (SSSR count). The Morgan fingerprint density at radius 2 is 1.86 bits per heavy atom. The lowest BCUT2D eigenvalue weighted by molar-refractivity contribution is -0.126. The standard InChI is InChI=1S/C23H31F2N5O2S.CH2O2/c1-4-5-18(27-19(31)12-14-10-15(24)13-16(25)11-14)20(32)28-22-30-29-21(33-22)23(2,3)8-9-26-17-6-7-17;2-1-3/h10-11,13,17-18,26H,4-9,12H2,1-3H3,(H,27,31)(H,28,30,32);1H,(H,2,3). The van der Waals surface area contributed by atoms with Gasteiger partial charge in [-0.1, -0.05) is 38.5 Å². The lowest BCUT2D eigenvalue weighted by atomic mass is 9.90. The second kappa shape index (κ2) is 13.9. The first-order chi connectivity index (χ1) is 17.1. The molecule has 1 aromatic carbocycles. The molecule has 1 heterocycles. The summed E-state index contributed by atoms with van der Waals surface area (Å²) in [4.78, 5) is 33.6. The first-order valence-electron chi connectivity index (χ1n) is 11.8. The average Bonchev–Trinajstić information content (AvgIpc) is 3.47. The maximum absolute atomic E-state index is 13.4. The summed E-state index contributed by atoms with van der Waals surface area (Å²) in [6.07, 6.45) is 4.23. The zero-order valence-corrected chi connectivity index (χ0v) is 21.5. The summed E-state index contributed by atoms with van der Waals surface area (Å²) in [6, 6.07) is 2.81. The van der Waals surface area contributed by atoms with Crippen LogP contribution in [-0.2, 0) is 26.2 Å². The highest BCUT2D eigenvalue weighted by Crippen LogP contribution is 2.31. The maximum Gasteiger partial charge on any atom is 0.290 e. The number of anilines is 1. The van der Waals surface area contributed by atoms with E-state index in [4.69, 9.17) is 9.90 Å². The van der Waals surface area contributed by atoms with Crippen LogP contribution in [0.2, 0.25) is 0 Å². The van der Waals surface area contributed by atoms with Crippen LogP contribution in [0.25, 0.3) is 0 Å². The Hall–Kier alpha value is -2.99. The van der Waals surface area contributed by atoms with Gasteiger partial charge in [0.25, 0.3) is 6.47 Å². The topological polar surface area (TPSA) is 133 Å². The smallest absolute Gasteiger partial charge is 0.290 e. The van der Waals surface area contributed by atoms with Crippen LogP contribution in [0.4, 0.5) is 13.9 Å². The van der Waals surface area contributed by atoms with Crippen LogP contribution in [0.15, 0.2) is 18.2 Å². The van der Waals surface area contributed by atoms with Crippen LogP contribution in [0.5, 0.6) is 0 Å². The molecule has 0 aliphatic heterocycles. The molecule has 1 unspecified atom stereocenters. The Kier molecular flexibility index (Phi) is 11.3. The van der Waals surface area contributed by atoms with E-state index >= 15 is 0 Å². The minimum atomic E-state index is -0.788. The lowest BCUT2D eigenvalue weighted by Crippen LogP contribution is -2.44. The first kappa shape index (κ1) is 29.2. The quantitative estimate of drug-likeness (QED) is 0.312. The van der Waals surface area contributed by atoms with Crippen molar-refractivity contribution in [2.24, 2.45) is 0 Å². The van der Waals surface area contributed by atoms with Crippen molar-refractivity contribution in [3.05, 3.63) is 40.4 Å². The number of nitrogens with zero attached hydrogens (tertiary/aromatic N) is 2. The van der Waals surface area contributed by atoms with E-state index in [2.05, 4.69) is 40.0 Å². The van der Waals surface area contributed by atoms with E-state index < -0.39 is 29.5 Å². The molecule has 4 N–H and O–H groups in total. The van der Waals surface area contributed by atoms with Crippen LogP contribution in [0, 0.1) is 11.6 Å². The van der Waals surface area contributed by atoms with E-state index in [0.29, 0.717) is 24.0 Å². The molecular formula is C24H33F2N5O4S. The monoisotopic (exact) mass is 525 g/mol. The second-order valence-corrected chi connectivity index (χ2v) is 10.2. The molecule has 1 aliphatic rings. The summed E-state index contributed by atoms with van der Waals surface area (Å²) in [6.45, 7) is 6.75. The lowest BCUT2D eigenvalue weighted by Gasteiger charge is -2.21. The molecule has 1 saturated carbocycles. The van der Waals surface area contributed by atoms with Gasteiger partial charge in [-0.3, -0.25) is 19.7 Å². The molecule has 1 fully saturated rings. The van der Waals surface area contributed by atoms with Gasteiger partial charge in [0.2, 0.25) is 16.9 Å².